The van der Waals surface area contributed by atoms with Gasteiger partial charge in [0, 0.05) is 50.7 Å². The molecule has 0 bridgehead atoms. The van der Waals surface area contributed by atoms with Gasteiger partial charge in [-0.05, 0) is 51.3 Å². The van der Waals surface area contributed by atoms with Crippen LogP contribution < -0.4 is 5.32 Å². The fourth-order valence-electron chi connectivity index (χ4n) is 4.36. The molecule has 1 aliphatic rings. The Kier molecular flexibility index (Phi) is 5.90. The maximum Gasteiger partial charge on any atom is 0.274 e. The minimum absolute atomic E-state index is 0.0558. The highest BCUT2D eigenvalue weighted by molar-refractivity contribution is 5.94. The van der Waals surface area contributed by atoms with Gasteiger partial charge in [0.1, 0.15) is 5.65 Å². The first-order valence-electron chi connectivity index (χ1n) is 10.9. The van der Waals surface area contributed by atoms with Crippen LogP contribution in [0.1, 0.15) is 71.7 Å². The number of nitrogens with zero attached hydrogens (tertiary/aromatic N) is 5. The van der Waals surface area contributed by atoms with Crippen molar-refractivity contribution in [2.24, 2.45) is 7.05 Å². The lowest BCUT2D eigenvalue weighted by atomic mass is 10.1. The molecule has 0 aliphatic carbocycles. The van der Waals surface area contributed by atoms with E-state index in [1.165, 1.54) is 18.4 Å². The normalized spacial score (nSPS) is 16.1. The largest absolute Gasteiger partial charge is 0.337 e. The van der Waals surface area contributed by atoms with E-state index < -0.39 is 0 Å². The Hall–Kier alpha value is -2.67. The summed E-state index contributed by atoms with van der Waals surface area (Å²) in [6.45, 7) is 8.42. The fraction of sp³-hybridized carbons (Fsp3) is 0.522. The molecule has 0 spiro atoms. The molecule has 7 nitrogen and oxygen atoms in total. The third-order valence-electron chi connectivity index (χ3n) is 6.07. The van der Waals surface area contributed by atoms with Crippen molar-refractivity contribution in [1.82, 2.24) is 29.4 Å². The van der Waals surface area contributed by atoms with Crippen molar-refractivity contribution in [3.63, 3.8) is 0 Å². The SMILES string of the molecule is Cc1ccn2c(CN[C@H](C)c3cn(C)nc3C)c(C(=O)N3CCCCCC3)nc2c1. The van der Waals surface area contributed by atoms with Gasteiger partial charge in [-0.1, -0.05) is 12.8 Å². The number of imidazole rings is 1. The van der Waals surface area contributed by atoms with Crippen LogP contribution in [0.15, 0.2) is 24.5 Å². The van der Waals surface area contributed by atoms with Gasteiger partial charge in [-0.2, -0.15) is 5.10 Å². The third kappa shape index (κ3) is 4.12. The van der Waals surface area contributed by atoms with Crippen molar-refractivity contribution in [2.45, 2.75) is 59.0 Å². The van der Waals surface area contributed by atoms with E-state index in [9.17, 15) is 4.79 Å². The van der Waals surface area contributed by atoms with Gasteiger partial charge < -0.3 is 14.6 Å². The summed E-state index contributed by atoms with van der Waals surface area (Å²) in [5.74, 6) is 0.0558. The minimum Gasteiger partial charge on any atom is -0.337 e. The first kappa shape index (κ1) is 20.6. The number of aromatic nitrogens is 4. The second kappa shape index (κ2) is 8.60. The summed E-state index contributed by atoms with van der Waals surface area (Å²) in [4.78, 5) is 20.2. The molecule has 0 radical (unpaired) electrons. The highest BCUT2D eigenvalue weighted by Gasteiger charge is 2.25. The van der Waals surface area contributed by atoms with Gasteiger partial charge in [0.05, 0.1) is 11.4 Å². The molecule has 0 saturated carbocycles. The van der Waals surface area contributed by atoms with Crippen LogP contribution in [0, 0.1) is 13.8 Å². The molecule has 4 heterocycles. The van der Waals surface area contributed by atoms with Gasteiger partial charge in [0.15, 0.2) is 5.69 Å². The highest BCUT2D eigenvalue weighted by Crippen LogP contribution is 2.21. The third-order valence-corrected chi connectivity index (χ3v) is 6.07. The number of pyridine rings is 1. The number of hydrogen-bond donors (Lipinski definition) is 1. The van der Waals surface area contributed by atoms with Gasteiger partial charge in [0.2, 0.25) is 0 Å². The van der Waals surface area contributed by atoms with Crippen LogP contribution in [0.4, 0.5) is 0 Å². The Morgan fingerprint density at radius 3 is 2.60 bits per heavy atom. The number of carbonyl (C=O) groups excluding carboxylic acids is 1. The Labute approximate surface area is 178 Å². The van der Waals surface area contributed by atoms with E-state index in [0.717, 1.165) is 48.5 Å². The van der Waals surface area contributed by atoms with Crippen LogP contribution in [-0.2, 0) is 13.6 Å². The number of nitrogens with one attached hydrogen (secondary N) is 1. The molecule has 160 valence electrons. The lowest BCUT2D eigenvalue weighted by Gasteiger charge is -2.20. The van der Waals surface area contributed by atoms with Gasteiger partial charge >= 0.3 is 0 Å². The molecule has 1 fully saturated rings. The number of carbonyl (C=O) groups is 1. The molecule has 1 atom stereocenters. The summed E-state index contributed by atoms with van der Waals surface area (Å²) < 4.78 is 3.89. The summed E-state index contributed by atoms with van der Waals surface area (Å²) in [5, 5.41) is 8.04. The Morgan fingerprint density at radius 2 is 1.93 bits per heavy atom. The van der Waals surface area contributed by atoms with E-state index in [-0.39, 0.29) is 11.9 Å². The number of hydrogen-bond acceptors (Lipinski definition) is 4. The molecule has 3 aromatic heterocycles. The molecule has 0 unspecified atom stereocenters. The molecule has 1 aliphatic heterocycles. The number of likely N-dealkylation sites (tertiary alicyclic amines) is 1. The van der Waals surface area contributed by atoms with E-state index in [1.807, 2.05) is 46.4 Å². The Bertz CT molecular complexity index is 1040. The maximum absolute atomic E-state index is 13.4. The minimum atomic E-state index is 0.0558. The van der Waals surface area contributed by atoms with Crippen molar-refractivity contribution in [3.05, 3.63) is 52.7 Å². The Balaban J connectivity index is 1.64. The van der Waals surface area contributed by atoms with Crippen LogP contribution in [0.2, 0.25) is 0 Å². The molecular formula is C23H32N6O. The zero-order valence-corrected chi connectivity index (χ0v) is 18.5. The van der Waals surface area contributed by atoms with Gasteiger partial charge in [-0.25, -0.2) is 4.98 Å². The van der Waals surface area contributed by atoms with Crippen molar-refractivity contribution in [3.8, 4) is 0 Å². The number of rotatable bonds is 5. The number of aryl methyl sites for hydroxylation is 3. The predicted octanol–water partition coefficient (Wildman–Crippen LogP) is 3.55. The van der Waals surface area contributed by atoms with Crippen molar-refractivity contribution in [1.29, 1.82) is 0 Å². The van der Waals surface area contributed by atoms with Crippen LogP contribution in [-0.4, -0.2) is 43.1 Å². The summed E-state index contributed by atoms with van der Waals surface area (Å²) >= 11 is 0. The highest BCUT2D eigenvalue weighted by atomic mass is 16.2. The van der Waals surface area contributed by atoms with Gasteiger partial charge in [-0.15, -0.1) is 0 Å². The average Bonchev–Trinajstić information content (AvgIpc) is 3.10. The average molecular weight is 409 g/mol. The lowest BCUT2D eigenvalue weighted by molar-refractivity contribution is 0.0755. The molecular weight excluding hydrogens is 376 g/mol. The lowest BCUT2D eigenvalue weighted by Crippen LogP contribution is -2.33. The standard InChI is InChI=1S/C23H32N6O/c1-16-9-12-29-20(14-24-17(2)19-15-27(4)26-18(19)3)22(25-21(29)13-16)23(30)28-10-7-5-6-8-11-28/h9,12-13,15,17,24H,5-8,10-11,14H2,1-4H3/t17-/m1/s1. The molecule has 30 heavy (non-hydrogen) atoms. The molecule has 0 aromatic carbocycles. The van der Waals surface area contributed by atoms with Crippen LogP contribution in [0.5, 0.6) is 0 Å². The summed E-state index contributed by atoms with van der Waals surface area (Å²) in [7, 11) is 1.94. The Morgan fingerprint density at radius 1 is 1.20 bits per heavy atom. The predicted molar refractivity (Wildman–Crippen MR) is 118 cm³/mol. The molecule has 1 saturated heterocycles. The van der Waals surface area contributed by atoms with Gasteiger partial charge in [-0.3, -0.25) is 9.48 Å². The second-order valence-corrected chi connectivity index (χ2v) is 8.49. The summed E-state index contributed by atoms with van der Waals surface area (Å²) in [6.07, 6.45) is 8.61. The molecule has 1 N–H and O–H groups in total. The first-order valence-corrected chi connectivity index (χ1v) is 10.9. The second-order valence-electron chi connectivity index (χ2n) is 8.49. The van der Waals surface area contributed by atoms with E-state index in [1.54, 1.807) is 0 Å². The fourth-order valence-corrected chi connectivity index (χ4v) is 4.36. The van der Waals surface area contributed by atoms with Crippen molar-refractivity contribution in [2.75, 3.05) is 13.1 Å². The monoisotopic (exact) mass is 408 g/mol. The van der Waals surface area contributed by atoms with E-state index in [0.29, 0.717) is 12.2 Å². The number of amides is 1. The van der Waals surface area contributed by atoms with Crippen LogP contribution >= 0.6 is 0 Å². The van der Waals surface area contributed by atoms with Gasteiger partial charge in [0.25, 0.3) is 5.91 Å². The van der Waals surface area contributed by atoms with Crippen molar-refractivity contribution < 1.29 is 4.79 Å². The van der Waals surface area contributed by atoms with E-state index in [4.69, 9.17) is 4.98 Å². The van der Waals surface area contributed by atoms with Crippen LogP contribution in [0.3, 0.4) is 0 Å². The van der Waals surface area contributed by atoms with E-state index in [2.05, 4.69) is 30.3 Å². The molecule has 1 amide bonds. The smallest absolute Gasteiger partial charge is 0.274 e. The summed E-state index contributed by atoms with van der Waals surface area (Å²) in [5.41, 5.74) is 5.66. The molecule has 4 rings (SSSR count). The van der Waals surface area contributed by atoms with Crippen LogP contribution in [0.25, 0.3) is 5.65 Å². The topological polar surface area (TPSA) is 67.5 Å². The number of fused-ring (bicyclic) bond motifs is 1. The molecule has 7 heteroatoms. The zero-order chi connectivity index (χ0) is 21.3. The first-order chi connectivity index (χ1) is 14.4. The maximum atomic E-state index is 13.4. The summed E-state index contributed by atoms with van der Waals surface area (Å²) in [6, 6.07) is 4.22. The van der Waals surface area contributed by atoms with Crippen molar-refractivity contribution >= 4 is 11.6 Å². The molecule has 3 aromatic rings. The van der Waals surface area contributed by atoms with E-state index >= 15 is 0 Å². The quantitative estimate of drug-likeness (QED) is 0.701. The zero-order valence-electron chi connectivity index (χ0n) is 18.5.